The van der Waals surface area contributed by atoms with E-state index in [1.54, 1.807) is 18.6 Å². The van der Waals surface area contributed by atoms with Crippen LogP contribution < -0.4 is 0 Å². The molecule has 2 aromatic heterocycles. The van der Waals surface area contributed by atoms with Crippen molar-refractivity contribution in [3.05, 3.63) is 30.4 Å². The van der Waals surface area contributed by atoms with Gasteiger partial charge in [-0.3, -0.25) is 9.89 Å². The summed E-state index contributed by atoms with van der Waals surface area (Å²) in [5.41, 5.74) is 2.15. The molecule has 0 atom stereocenters. The number of furan rings is 1. The molecule has 0 bridgehead atoms. The maximum Gasteiger partial charge on any atom is 0.271 e. The van der Waals surface area contributed by atoms with Crippen LogP contribution in [0.4, 0.5) is 0 Å². The van der Waals surface area contributed by atoms with Crippen LogP contribution in [0.3, 0.4) is 0 Å². The predicted octanol–water partition coefficient (Wildman–Crippen LogP) is 2.17. The van der Waals surface area contributed by atoms with Crippen LogP contribution in [-0.4, -0.2) is 47.3 Å². The maximum atomic E-state index is 12.4. The van der Waals surface area contributed by atoms with Crippen LogP contribution in [0.2, 0.25) is 0 Å². The van der Waals surface area contributed by atoms with E-state index in [1.807, 2.05) is 11.0 Å². The third-order valence-electron chi connectivity index (χ3n) is 4.75. The fraction of sp³-hybridized carbons (Fsp3) is 0.500. The van der Waals surface area contributed by atoms with Crippen molar-refractivity contribution in [2.24, 2.45) is 11.8 Å². The molecule has 0 radical (unpaired) electrons. The number of hydrogen-bond acceptors (Lipinski definition) is 4. The average molecular weight is 301 g/mol. The van der Waals surface area contributed by atoms with Gasteiger partial charge in [0.15, 0.2) is 0 Å². The Labute approximate surface area is 128 Å². The number of rotatable bonds is 3. The number of nitrogens with zero attached hydrogens (tertiary/aromatic N) is 2. The van der Waals surface area contributed by atoms with Gasteiger partial charge in [-0.05, 0) is 36.8 Å². The van der Waals surface area contributed by atoms with E-state index in [0.717, 1.165) is 50.4 Å². The van der Waals surface area contributed by atoms with E-state index in [9.17, 15) is 4.79 Å². The first-order chi connectivity index (χ1) is 10.8. The van der Waals surface area contributed by atoms with Crippen molar-refractivity contribution in [3.8, 4) is 11.3 Å². The molecule has 1 amide bonds. The third-order valence-corrected chi connectivity index (χ3v) is 4.75. The quantitative estimate of drug-likeness (QED) is 0.943. The molecular formula is C16H19N3O3. The van der Waals surface area contributed by atoms with Crippen molar-refractivity contribution in [3.63, 3.8) is 0 Å². The third kappa shape index (κ3) is 2.43. The number of ether oxygens (including phenoxy) is 1. The minimum absolute atomic E-state index is 0.0329. The summed E-state index contributed by atoms with van der Waals surface area (Å²) in [6.07, 6.45) is 5.47. The number of aromatic amines is 1. The Balaban J connectivity index is 1.37. The lowest BCUT2D eigenvalue weighted by Crippen LogP contribution is -2.53. The van der Waals surface area contributed by atoms with Gasteiger partial charge >= 0.3 is 0 Å². The Morgan fingerprint density at radius 1 is 1.27 bits per heavy atom. The molecule has 2 saturated heterocycles. The van der Waals surface area contributed by atoms with Crippen LogP contribution in [0.1, 0.15) is 23.3 Å². The molecule has 6 heteroatoms. The molecule has 0 aliphatic carbocycles. The standard InChI is InChI=1S/C16H19N3O3/c20-16(15-7-14(17-18-15)12-3-6-22-10-12)19-8-13(9-19)11-1-4-21-5-2-11/h3,6-7,10-11,13H,1-2,4-5,8-9H2,(H,17,18). The van der Waals surface area contributed by atoms with E-state index in [-0.39, 0.29) is 5.91 Å². The molecule has 4 heterocycles. The number of carbonyl (C=O) groups excluding carboxylic acids is 1. The molecule has 1 N–H and O–H groups in total. The Hall–Kier alpha value is -2.08. The molecule has 4 rings (SSSR count). The largest absolute Gasteiger partial charge is 0.472 e. The summed E-state index contributed by atoms with van der Waals surface area (Å²) in [6.45, 7) is 3.43. The summed E-state index contributed by atoms with van der Waals surface area (Å²) >= 11 is 0. The SMILES string of the molecule is O=C(c1cc(-c2ccoc2)n[nH]1)N1CC(C2CCOCC2)C1. The second-order valence-electron chi connectivity index (χ2n) is 6.10. The van der Waals surface area contributed by atoms with E-state index in [1.165, 1.54) is 0 Å². The summed E-state index contributed by atoms with van der Waals surface area (Å²) in [5, 5.41) is 7.01. The van der Waals surface area contributed by atoms with E-state index in [2.05, 4.69) is 10.2 Å². The smallest absolute Gasteiger partial charge is 0.271 e. The summed E-state index contributed by atoms with van der Waals surface area (Å²) in [4.78, 5) is 14.3. The van der Waals surface area contributed by atoms with E-state index in [0.29, 0.717) is 17.5 Å². The summed E-state index contributed by atoms with van der Waals surface area (Å²) in [7, 11) is 0. The van der Waals surface area contributed by atoms with Crippen molar-refractivity contribution in [1.29, 1.82) is 0 Å². The Bertz CT molecular complexity index is 637. The highest BCUT2D eigenvalue weighted by molar-refractivity contribution is 5.93. The van der Waals surface area contributed by atoms with Gasteiger partial charge < -0.3 is 14.1 Å². The minimum Gasteiger partial charge on any atom is -0.472 e. The first-order valence-corrected chi connectivity index (χ1v) is 7.76. The summed E-state index contributed by atoms with van der Waals surface area (Å²) < 4.78 is 10.4. The number of H-pyrrole nitrogens is 1. The van der Waals surface area contributed by atoms with Crippen molar-refractivity contribution in [1.82, 2.24) is 15.1 Å². The number of amides is 1. The molecule has 2 aliphatic heterocycles. The molecule has 0 spiro atoms. The van der Waals surface area contributed by atoms with E-state index >= 15 is 0 Å². The predicted molar refractivity (Wildman–Crippen MR) is 79.2 cm³/mol. The highest BCUT2D eigenvalue weighted by Crippen LogP contribution is 2.32. The molecule has 0 unspecified atom stereocenters. The van der Waals surface area contributed by atoms with E-state index < -0.39 is 0 Å². The highest BCUT2D eigenvalue weighted by Gasteiger charge is 2.37. The molecule has 6 nitrogen and oxygen atoms in total. The molecule has 2 fully saturated rings. The Morgan fingerprint density at radius 3 is 2.82 bits per heavy atom. The monoisotopic (exact) mass is 301 g/mol. The van der Waals surface area contributed by atoms with Gasteiger partial charge in [-0.1, -0.05) is 0 Å². The topological polar surface area (TPSA) is 71.4 Å². The van der Waals surface area contributed by atoms with Gasteiger partial charge in [0.25, 0.3) is 5.91 Å². The van der Waals surface area contributed by atoms with Crippen molar-refractivity contribution in [2.75, 3.05) is 26.3 Å². The van der Waals surface area contributed by atoms with Crippen LogP contribution in [0.25, 0.3) is 11.3 Å². The van der Waals surface area contributed by atoms with Crippen molar-refractivity contribution >= 4 is 5.91 Å². The lowest BCUT2D eigenvalue weighted by Gasteiger charge is -2.44. The zero-order valence-electron chi connectivity index (χ0n) is 12.3. The zero-order chi connectivity index (χ0) is 14.9. The molecule has 116 valence electrons. The second kappa shape index (κ2) is 5.61. The van der Waals surface area contributed by atoms with Gasteiger partial charge in [-0.2, -0.15) is 5.10 Å². The average Bonchev–Trinajstić information content (AvgIpc) is 3.18. The number of carbonyl (C=O) groups is 1. The number of likely N-dealkylation sites (tertiary alicyclic amines) is 1. The van der Waals surface area contributed by atoms with Gasteiger partial charge in [0.05, 0.1) is 18.2 Å². The van der Waals surface area contributed by atoms with E-state index in [4.69, 9.17) is 9.15 Å². The fourth-order valence-electron chi connectivity index (χ4n) is 3.32. The minimum atomic E-state index is 0.0329. The summed E-state index contributed by atoms with van der Waals surface area (Å²) in [6, 6.07) is 3.62. The zero-order valence-corrected chi connectivity index (χ0v) is 12.3. The lowest BCUT2D eigenvalue weighted by atomic mass is 9.81. The van der Waals surface area contributed by atoms with Crippen LogP contribution in [0.5, 0.6) is 0 Å². The second-order valence-corrected chi connectivity index (χ2v) is 6.10. The molecule has 22 heavy (non-hydrogen) atoms. The van der Waals surface area contributed by atoms with Gasteiger partial charge in [0, 0.05) is 31.9 Å². The lowest BCUT2D eigenvalue weighted by molar-refractivity contribution is -0.00287. The van der Waals surface area contributed by atoms with Crippen LogP contribution in [0.15, 0.2) is 29.1 Å². The molecule has 2 aliphatic rings. The van der Waals surface area contributed by atoms with Gasteiger partial charge in [-0.15, -0.1) is 0 Å². The first kappa shape index (κ1) is 13.6. The van der Waals surface area contributed by atoms with Crippen LogP contribution in [-0.2, 0) is 4.74 Å². The summed E-state index contributed by atoms with van der Waals surface area (Å²) in [5.74, 6) is 1.37. The van der Waals surface area contributed by atoms with Crippen molar-refractivity contribution < 1.29 is 13.9 Å². The van der Waals surface area contributed by atoms with Crippen molar-refractivity contribution in [2.45, 2.75) is 12.8 Å². The number of aromatic nitrogens is 2. The first-order valence-electron chi connectivity index (χ1n) is 7.76. The van der Waals surface area contributed by atoms with Gasteiger partial charge in [-0.25, -0.2) is 0 Å². The van der Waals surface area contributed by atoms with Gasteiger partial charge in [0.1, 0.15) is 5.69 Å². The van der Waals surface area contributed by atoms with Crippen LogP contribution in [0, 0.1) is 11.8 Å². The normalized spacial score (nSPS) is 20.1. The van der Waals surface area contributed by atoms with Crippen LogP contribution >= 0.6 is 0 Å². The molecular weight excluding hydrogens is 282 g/mol. The number of nitrogens with one attached hydrogen (secondary N) is 1. The highest BCUT2D eigenvalue weighted by atomic mass is 16.5. The molecule has 0 aromatic carbocycles. The fourth-order valence-corrected chi connectivity index (χ4v) is 3.32. The maximum absolute atomic E-state index is 12.4. The Morgan fingerprint density at radius 2 is 2.09 bits per heavy atom. The number of hydrogen-bond donors (Lipinski definition) is 1. The van der Waals surface area contributed by atoms with Gasteiger partial charge in [0.2, 0.25) is 0 Å². The molecule has 2 aromatic rings. The molecule has 0 saturated carbocycles. The Kier molecular flexibility index (Phi) is 3.46.